The third-order valence-electron chi connectivity index (χ3n) is 3.70. The molecule has 2 aromatic rings. The minimum atomic E-state index is -5.62. The summed E-state index contributed by atoms with van der Waals surface area (Å²) < 4.78 is 47.0. The highest BCUT2D eigenvalue weighted by Crippen LogP contribution is 2.66. The summed E-state index contributed by atoms with van der Waals surface area (Å²) in [4.78, 5) is 57.9. The van der Waals surface area contributed by atoms with Crippen LogP contribution in [0, 0.1) is 0 Å². The number of H-pyrrole nitrogens is 1. The van der Waals surface area contributed by atoms with Crippen molar-refractivity contribution in [3.8, 4) is 0 Å². The maximum atomic E-state index is 12.0. The number of aromatic amines is 1. The van der Waals surface area contributed by atoms with Crippen LogP contribution in [0.5, 0.6) is 0 Å². The first-order chi connectivity index (χ1) is 13.8. The maximum Gasteiger partial charge on any atom is 0.490 e. The first-order valence-corrected chi connectivity index (χ1v) is 13.2. The van der Waals surface area contributed by atoms with Gasteiger partial charge in [-0.05, 0) is 0 Å². The molecule has 168 valence electrons. The number of aliphatic hydroxyl groups excluding tert-OH is 1. The van der Waals surface area contributed by atoms with E-state index < -0.39 is 52.4 Å². The molecule has 3 heterocycles. The number of imidazole rings is 1. The van der Waals surface area contributed by atoms with E-state index in [1.807, 2.05) is 0 Å². The molecule has 16 nitrogen and oxygen atoms in total. The first-order valence-electron chi connectivity index (χ1n) is 7.78. The lowest BCUT2D eigenvalue weighted by Gasteiger charge is -2.18. The van der Waals surface area contributed by atoms with Crippen LogP contribution in [0.25, 0.3) is 11.2 Å². The number of phosphoric acid groups is 3. The van der Waals surface area contributed by atoms with Gasteiger partial charge in [-0.25, -0.2) is 23.7 Å². The SMILES string of the molecule is O=c1[nH]cnc2ncn(C3CC(O)C(COP(=O)(O)OP(=O)(O)OP(=O)(O)O)S3)c12. The van der Waals surface area contributed by atoms with Crippen molar-refractivity contribution in [1.82, 2.24) is 19.5 Å². The van der Waals surface area contributed by atoms with Crippen LogP contribution in [0.1, 0.15) is 11.8 Å². The summed E-state index contributed by atoms with van der Waals surface area (Å²) in [5.74, 6) is 0. The molecule has 0 aromatic carbocycles. The second-order valence-corrected chi connectivity index (χ2v) is 11.7. The summed E-state index contributed by atoms with van der Waals surface area (Å²) in [6.45, 7) is -0.646. The van der Waals surface area contributed by atoms with Gasteiger partial charge in [0.25, 0.3) is 5.56 Å². The Hall–Kier alpha value is -0.930. The van der Waals surface area contributed by atoms with Gasteiger partial charge in [0.15, 0.2) is 11.2 Å². The molecule has 1 fully saturated rings. The zero-order valence-corrected chi connectivity index (χ0v) is 18.0. The number of fused-ring (bicyclic) bond motifs is 1. The summed E-state index contributed by atoms with van der Waals surface area (Å²) in [6, 6.07) is 0. The molecule has 6 N–H and O–H groups in total. The van der Waals surface area contributed by atoms with E-state index in [1.165, 1.54) is 17.2 Å². The monoisotopic (exact) mass is 508 g/mol. The maximum absolute atomic E-state index is 12.0. The standard InChI is InChI=1S/C10H15N4O12P3S/c15-5-1-7(14-4-13-9-8(14)10(16)12-3-11-9)30-6(5)2-24-28(20,21)26-29(22,23)25-27(17,18)19/h3-7,15H,1-2H2,(H,20,21)(H,22,23)(H,11,12,16)(H2,17,18,19). The average molecular weight is 508 g/mol. The van der Waals surface area contributed by atoms with Crippen LogP contribution in [-0.4, -0.2) is 62.2 Å². The fraction of sp³-hybridized carbons (Fsp3) is 0.500. The summed E-state index contributed by atoms with van der Waals surface area (Å²) in [5.41, 5.74) is -0.106. The lowest BCUT2D eigenvalue weighted by Crippen LogP contribution is -2.22. The molecule has 1 saturated heterocycles. The van der Waals surface area contributed by atoms with Crippen molar-refractivity contribution in [3.05, 3.63) is 23.0 Å². The molecule has 1 aliphatic rings. The molecule has 0 saturated carbocycles. The molecule has 5 unspecified atom stereocenters. The van der Waals surface area contributed by atoms with Crippen LogP contribution in [0.3, 0.4) is 0 Å². The van der Waals surface area contributed by atoms with Gasteiger partial charge in [0.2, 0.25) is 0 Å². The van der Waals surface area contributed by atoms with Gasteiger partial charge in [0, 0.05) is 6.42 Å². The van der Waals surface area contributed by atoms with Crippen molar-refractivity contribution in [2.24, 2.45) is 0 Å². The molecular weight excluding hydrogens is 493 g/mol. The van der Waals surface area contributed by atoms with Gasteiger partial charge < -0.3 is 34.2 Å². The van der Waals surface area contributed by atoms with Crippen LogP contribution < -0.4 is 5.56 Å². The van der Waals surface area contributed by atoms with Gasteiger partial charge in [-0.15, -0.1) is 11.8 Å². The van der Waals surface area contributed by atoms with Crippen molar-refractivity contribution >= 4 is 46.4 Å². The Kier molecular flexibility index (Phi) is 6.76. The molecule has 30 heavy (non-hydrogen) atoms. The lowest BCUT2D eigenvalue weighted by atomic mass is 10.2. The molecule has 1 aliphatic heterocycles. The Morgan fingerprint density at radius 1 is 1.17 bits per heavy atom. The van der Waals surface area contributed by atoms with Gasteiger partial charge >= 0.3 is 23.5 Å². The van der Waals surface area contributed by atoms with Crippen LogP contribution in [-0.2, 0) is 26.8 Å². The van der Waals surface area contributed by atoms with Crippen LogP contribution in [0.2, 0.25) is 0 Å². The summed E-state index contributed by atoms with van der Waals surface area (Å²) in [6.07, 6.45) is 1.57. The number of hydrogen-bond acceptors (Lipinski definition) is 11. The van der Waals surface area contributed by atoms with Gasteiger partial charge in [0.05, 0.1) is 36.0 Å². The van der Waals surface area contributed by atoms with Crippen molar-refractivity contribution in [3.63, 3.8) is 0 Å². The average Bonchev–Trinajstić information content (AvgIpc) is 3.14. The van der Waals surface area contributed by atoms with Crippen molar-refractivity contribution in [2.75, 3.05) is 6.61 Å². The number of phosphoric ester groups is 1. The van der Waals surface area contributed by atoms with Crippen LogP contribution in [0.4, 0.5) is 0 Å². The Morgan fingerprint density at radius 2 is 1.87 bits per heavy atom. The van der Waals surface area contributed by atoms with E-state index in [9.17, 15) is 28.5 Å². The van der Waals surface area contributed by atoms with E-state index in [0.29, 0.717) is 0 Å². The molecule has 3 rings (SSSR count). The number of hydrogen-bond donors (Lipinski definition) is 6. The smallest absolute Gasteiger partial charge is 0.392 e. The third kappa shape index (κ3) is 5.85. The van der Waals surface area contributed by atoms with Crippen LogP contribution >= 0.6 is 35.2 Å². The highest BCUT2D eigenvalue weighted by Gasteiger charge is 2.42. The number of nitrogens with zero attached hydrogens (tertiary/aromatic N) is 3. The fourth-order valence-electron chi connectivity index (χ4n) is 2.61. The number of thioether (sulfide) groups is 1. The molecule has 20 heteroatoms. The van der Waals surface area contributed by atoms with E-state index in [-0.39, 0.29) is 17.6 Å². The quantitative estimate of drug-likeness (QED) is 0.253. The van der Waals surface area contributed by atoms with Gasteiger partial charge in [-0.2, -0.15) is 8.62 Å². The predicted octanol–water partition coefficient (Wildman–Crippen LogP) is -0.172. The van der Waals surface area contributed by atoms with E-state index in [2.05, 4.69) is 28.1 Å². The normalized spacial score (nSPS) is 26.5. The minimum absolute atomic E-state index is 0.106. The summed E-state index contributed by atoms with van der Waals surface area (Å²) in [7, 11) is -16.4. The number of rotatable bonds is 8. The van der Waals surface area contributed by atoms with E-state index >= 15 is 0 Å². The topological polar surface area (TPSA) is 244 Å². The molecule has 5 atom stereocenters. The highest BCUT2D eigenvalue weighted by atomic mass is 32.2. The second kappa shape index (κ2) is 8.54. The van der Waals surface area contributed by atoms with Crippen LogP contribution in [0.15, 0.2) is 17.4 Å². The zero-order chi connectivity index (χ0) is 22.3. The van der Waals surface area contributed by atoms with Crippen molar-refractivity contribution < 1.29 is 51.5 Å². The number of aliphatic hydroxyl groups is 1. The predicted molar refractivity (Wildman–Crippen MR) is 99.0 cm³/mol. The molecule has 0 bridgehead atoms. The lowest BCUT2D eigenvalue weighted by molar-refractivity contribution is 0.126. The van der Waals surface area contributed by atoms with E-state index in [1.54, 1.807) is 0 Å². The molecule has 0 radical (unpaired) electrons. The van der Waals surface area contributed by atoms with Gasteiger partial charge in [-0.3, -0.25) is 9.32 Å². The molecule has 2 aromatic heterocycles. The second-order valence-electron chi connectivity index (χ2n) is 5.87. The molecule has 0 aliphatic carbocycles. The summed E-state index contributed by atoms with van der Waals surface area (Å²) in [5, 5.41) is 8.87. The number of nitrogens with one attached hydrogen (secondary N) is 1. The third-order valence-corrected chi connectivity index (χ3v) is 9.04. The Morgan fingerprint density at radius 3 is 2.53 bits per heavy atom. The fourth-order valence-corrected chi connectivity index (χ4v) is 7.20. The van der Waals surface area contributed by atoms with Crippen molar-refractivity contribution in [1.29, 1.82) is 0 Å². The molecule has 0 amide bonds. The van der Waals surface area contributed by atoms with E-state index in [0.717, 1.165) is 11.8 Å². The van der Waals surface area contributed by atoms with Crippen molar-refractivity contribution in [2.45, 2.75) is 23.1 Å². The largest absolute Gasteiger partial charge is 0.490 e. The summed E-state index contributed by atoms with van der Waals surface area (Å²) >= 11 is 1.06. The zero-order valence-electron chi connectivity index (χ0n) is 14.5. The minimum Gasteiger partial charge on any atom is -0.392 e. The molecule has 0 spiro atoms. The number of aromatic nitrogens is 4. The van der Waals surface area contributed by atoms with E-state index in [4.69, 9.17) is 14.7 Å². The Labute approximate surface area is 170 Å². The first kappa shape index (κ1) is 23.7. The van der Waals surface area contributed by atoms with Gasteiger partial charge in [0.1, 0.15) is 0 Å². The molecular formula is C10H15N4O12P3S. The highest BCUT2D eigenvalue weighted by molar-refractivity contribution is 8.00. The Bertz CT molecular complexity index is 1130. The van der Waals surface area contributed by atoms with Gasteiger partial charge in [-0.1, -0.05) is 0 Å². The Balaban J connectivity index is 1.65.